The SMILES string of the molecule is C=C(Nc1ccc(S(C)(C)(C)(O)NC2CCCCC2)cc1)NC1CCN(c2ccc(C)c(C)c2)C1. The monoisotopic (exact) mass is 498 g/mol. The van der Waals surface area contributed by atoms with Crippen molar-refractivity contribution in [3.8, 4) is 0 Å². The van der Waals surface area contributed by atoms with Gasteiger partial charge in [-0.1, -0.05) is 31.9 Å². The van der Waals surface area contributed by atoms with Crippen molar-refractivity contribution >= 4 is 20.1 Å². The van der Waals surface area contributed by atoms with E-state index < -0.39 is 8.76 Å². The van der Waals surface area contributed by atoms with Gasteiger partial charge in [-0.2, -0.15) is 8.76 Å². The second-order valence-electron chi connectivity index (χ2n) is 12.2. The Labute approximate surface area is 212 Å². The molecule has 0 spiro atoms. The van der Waals surface area contributed by atoms with Crippen LogP contribution in [0.5, 0.6) is 0 Å². The summed E-state index contributed by atoms with van der Waals surface area (Å²) >= 11 is 0. The third-order valence-corrected chi connectivity index (χ3v) is 11.1. The van der Waals surface area contributed by atoms with Crippen LogP contribution in [0.3, 0.4) is 0 Å². The van der Waals surface area contributed by atoms with Crippen molar-refractivity contribution in [1.29, 1.82) is 0 Å². The van der Waals surface area contributed by atoms with Crippen molar-refractivity contribution in [2.45, 2.75) is 69.4 Å². The van der Waals surface area contributed by atoms with E-state index in [1.54, 1.807) is 0 Å². The van der Waals surface area contributed by atoms with Gasteiger partial charge in [0.25, 0.3) is 0 Å². The molecule has 6 heteroatoms. The van der Waals surface area contributed by atoms with E-state index >= 15 is 0 Å². The molecule has 0 aromatic heterocycles. The van der Waals surface area contributed by atoms with Crippen LogP contribution < -0.4 is 20.3 Å². The zero-order valence-corrected chi connectivity index (χ0v) is 23.2. The van der Waals surface area contributed by atoms with Gasteiger partial charge in [-0.15, -0.1) is 0 Å². The molecule has 2 aliphatic rings. The maximum Gasteiger partial charge on any atom is 0.0959 e. The van der Waals surface area contributed by atoms with E-state index in [-0.39, 0.29) is 0 Å². The molecule has 1 saturated carbocycles. The fraction of sp³-hybridized carbons (Fsp3) is 0.517. The van der Waals surface area contributed by atoms with Crippen LogP contribution in [0.2, 0.25) is 0 Å². The summed E-state index contributed by atoms with van der Waals surface area (Å²) in [5.74, 6) is 0.810. The van der Waals surface area contributed by atoms with Gasteiger partial charge in [0.15, 0.2) is 0 Å². The average Bonchev–Trinajstić information content (AvgIpc) is 3.24. The van der Waals surface area contributed by atoms with E-state index in [0.29, 0.717) is 12.1 Å². The fourth-order valence-corrected chi connectivity index (χ4v) is 8.41. The predicted octanol–water partition coefficient (Wildman–Crippen LogP) is 6.49. The molecule has 4 rings (SSSR count). The summed E-state index contributed by atoms with van der Waals surface area (Å²) in [4.78, 5) is 3.42. The second kappa shape index (κ2) is 9.06. The van der Waals surface area contributed by atoms with Crippen molar-refractivity contribution in [1.82, 2.24) is 10.0 Å². The van der Waals surface area contributed by atoms with E-state index in [9.17, 15) is 4.55 Å². The number of anilines is 2. The van der Waals surface area contributed by atoms with Gasteiger partial charge >= 0.3 is 0 Å². The van der Waals surface area contributed by atoms with Crippen LogP contribution in [0.4, 0.5) is 11.4 Å². The molecule has 1 saturated heterocycles. The lowest BCUT2D eigenvalue weighted by Gasteiger charge is -2.70. The minimum atomic E-state index is -3.56. The number of nitrogens with zero attached hydrogens (tertiary/aromatic N) is 1. The summed E-state index contributed by atoms with van der Waals surface area (Å²) in [6.45, 7) is 10.6. The molecule has 0 bridgehead atoms. The summed E-state index contributed by atoms with van der Waals surface area (Å²) in [7, 11) is -3.56. The average molecular weight is 499 g/mol. The van der Waals surface area contributed by atoms with E-state index in [0.717, 1.165) is 48.8 Å². The number of benzene rings is 2. The summed E-state index contributed by atoms with van der Waals surface area (Å²) in [5.41, 5.74) is 4.95. The molecule has 2 aromatic carbocycles. The van der Waals surface area contributed by atoms with Crippen molar-refractivity contribution in [2.24, 2.45) is 0 Å². The maximum atomic E-state index is 12.0. The van der Waals surface area contributed by atoms with Crippen LogP contribution >= 0.6 is 8.76 Å². The van der Waals surface area contributed by atoms with Gasteiger partial charge < -0.3 is 20.1 Å². The Kier molecular flexibility index (Phi) is 6.71. The molecule has 0 amide bonds. The van der Waals surface area contributed by atoms with Crippen molar-refractivity contribution < 1.29 is 4.55 Å². The second-order valence-corrected chi connectivity index (χ2v) is 19.5. The molecule has 194 valence electrons. The number of rotatable bonds is 8. The minimum absolute atomic E-state index is 0.362. The highest BCUT2D eigenvalue weighted by Gasteiger charge is 2.47. The Morgan fingerprint density at radius 1 is 0.914 bits per heavy atom. The fourth-order valence-electron chi connectivity index (χ4n) is 5.51. The Morgan fingerprint density at radius 3 is 2.26 bits per heavy atom. The molecule has 2 fully saturated rings. The van der Waals surface area contributed by atoms with E-state index in [1.807, 2.05) is 30.9 Å². The summed E-state index contributed by atoms with van der Waals surface area (Å²) in [6.07, 6.45) is 13.2. The van der Waals surface area contributed by atoms with Crippen LogP contribution in [0.15, 0.2) is 59.8 Å². The molecule has 1 atom stereocenters. The molecule has 1 aliphatic carbocycles. The topological polar surface area (TPSA) is 59.6 Å². The first kappa shape index (κ1) is 25.9. The molecule has 0 radical (unpaired) electrons. The molecule has 5 nitrogen and oxygen atoms in total. The molecule has 1 heterocycles. The van der Waals surface area contributed by atoms with Gasteiger partial charge in [-0.25, -0.2) is 0 Å². The predicted molar refractivity (Wildman–Crippen MR) is 155 cm³/mol. The first-order chi connectivity index (χ1) is 16.3. The van der Waals surface area contributed by atoms with Gasteiger partial charge in [0.05, 0.1) is 5.82 Å². The van der Waals surface area contributed by atoms with Crippen molar-refractivity contribution in [3.05, 3.63) is 66.0 Å². The Morgan fingerprint density at radius 2 is 1.60 bits per heavy atom. The summed E-state index contributed by atoms with van der Waals surface area (Å²) < 4.78 is 15.7. The molecule has 1 unspecified atom stereocenters. The van der Waals surface area contributed by atoms with Crippen LogP contribution in [0.1, 0.15) is 49.7 Å². The summed E-state index contributed by atoms with van der Waals surface area (Å²) in [6, 6.07) is 15.7. The molecule has 2 aromatic rings. The molecule has 1 aliphatic heterocycles. The van der Waals surface area contributed by atoms with Crippen LogP contribution in [-0.2, 0) is 0 Å². The van der Waals surface area contributed by atoms with E-state index in [2.05, 4.69) is 71.0 Å². The third-order valence-electron chi connectivity index (χ3n) is 7.74. The Bertz CT molecular complexity index is 1070. The van der Waals surface area contributed by atoms with Gasteiger partial charge in [0.2, 0.25) is 0 Å². The largest absolute Gasteiger partial charge is 0.369 e. The number of nitrogens with one attached hydrogen (secondary N) is 3. The summed E-state index contributed by atoms with van der Waals surface area (Å²) in [5, 5.41) is 6.98. The maximum absolute atomic E-state index is 12.0. The highest BCUT2D eigenvalue weighted by atomic mass is 32.4. The number of hydrogen-bond donors (Lipinski definition) is 4. The quantitative estimate of drug-likeness (QED) is 0.335. The molecule has 4 N–H and O–H groups in total. The molecule has 35 heavy (non-hydrogen) atoms. The number of hydrogen-bond acceptors (Lipinski definition) is 5. The van der Waals surface area contributed by atoms with Gasteiger partial charge in [0, 0.05) is 41.4 Å². The third kappa shape index (κ3) is 6.35. The van der Waals surface area contributed by atoms with Gasteiger partial charge in [-0.05, 0) is 99.4 Å². The zero-order chi connectivity index (χ0) is 25.3. The Hall–Kier alpha value is -2.15. The lowest BCUT2D eigenvalue weighted by molar-refractivity contribution is 0.405. The number of aryl methyl sites for hydroxylation is 2. The standard InChI is InChI=1S/C29H46N4OS/c1-22-12-15-28(20-23(22)2)33-19-18-27(21-33)31-24(3)30-25-13-16-29(17-14-25)35(4,5,6,34)32-26-10-8-7-9-11-26/h12-17,20,26-27,30-32,34H,3,7-11,18-19,21H2,1-2,4-6H3. The van der Waals surface area contributed by atoms with Gasteiger partial charge in [0.1, 0.15) is 0 Å². The van der Waals surface area contributed by atoms with Crippen LogP contribution in [-0.4, -0.2) is 48.5 Å². The van der Waals surface area contributed by atoms with Gasteiger partial charge in [-0.3, -0.25) is 4.72 Å². The van der Waals surface area contributed by atoms with Crippen molar-refractivity contribution in [2.75, 3.05) is 42.1 Å². The van der Waals surface area contributed by atoms with Crippen LogP contribution in [0, 0.1) is 13.8 Å². The van der Waals surface area contributed by atoms with Crippen molar-refractivity contribution in [3.63, 3.8) is 0 Å². The zero-order valence-electron chi connectivity index (χ0n) is 22.4. The minimum Gasteiger partial charge on any atom is -0.369 e. The molecular weight excluding hydrogens is 452 g/mol. The Balaban J connectivity index is 1.34. The van der Waals surface area contributed by atoms with E-state index in [1.165, 1.54) is 36.1 Å². The smallest absolute Gasteiger partial charge is 0.0959 e. The van der Waals surface area contributed by atoms with Crippen LogP contribution in [0.25, 0.3) is 0 Å². The van der Waals surface area contributed by atoms with E-state index in [4.69, 9.17) is 0 Å². The highest BCUT2D eigenvalue weighted by molar-refractivity contribution is 8.57. The lowest BCUT2D eigenvalue weighted by atomic mass is 9.96. The lowest BCUT2D eigenvalue weighted by Crippen LogP contribution is -2.51. The first-order valence-corrected chi connectivity index (χ1v) is 16.7. The first-order valence-electron chi connectivity index (χ1n) is 13.0. The molecular formula is C29H46N4OS. The normalized spacial score (nSPS) is 21.3. The highest BCUT2D eigenvalue weighted by Crippen LogP contribution is 2.80.